The molecule has 0 saturated heterocycles. The number of hydrogen-bond donors (Lipinski definition) is 0. The summed E-state index contributed by atoms with van der Waals surface area (Å²) in [6.45, 7) is 7.95. The third-order valence-corrected chi connectivity index (χ3v) is 2.99. The van der Waals surface area contributed by atoms with Crippen molar-refractivity contribution in [1.82, 2.24) is 4.57 Å². The van der Waals surface area contributed by atoms with E-state index >= 15 is 0 Å². The van der Waals surface area contributed by atoms with Crippen molar-refractivity contribution in [2.24, 2.45) is 0 Å². The molecule has 2 heterocycles. The minimum atomic E-state index is 0. The Morgan fingerprint density at radius 3 is 2.87 bits per heavy atom. The minimum absolute atomic E-state index is 0. The van der Waals surface area contributed by atoms with E-state index in [1.807, 2.05) is 0 Å². The molecule has 0 bridgehead atoms. The monoisotopic (exact) mass is 226 g/mol. The van der Waals surface area contributed by atoms with Crippen molar-refractivity contribution in [1.29, 1.82) is 0 Å². The van der Waals surface area contributed by atoms with E-state index in [1.165, 1.54) is 30.8 Å². The van der Waals surface area contributed by atoms with E-state index in [4.69, 9.17) is 0 Å². The zero-order valence-electron chi connectivity index (χ0n) is 9.54. The van der Waals surface area contributed by atoms with Crippen LogP contribution in [0.25, 0.3) is 0 Å². The molecule has 84 valence electrons. The summed E-state index contributed by atoms with van der Waals surface area (Å²) >= 11 is 0. The molecule has 0 fully saturated rings. The molecule has 0 saturated carbocycles. The van der Waals surface area contributed by atoms with Crippen molar-refractivity contribution in [2.45, 2.75) is 33.2 Å². The van der Waals surface area contributed by atoms with Crippen LogP contribution in [0.4, 0.5) is 0 Å². The van der Waals surface area contributed by atoms with Crippen molar-refractivity contribution in [3.63, 3.8) is 0 Å². The number of hydrogen-bond acceptors (Lipinski definition) is 0. The average molecular weight is 227 g/mol. The van der Waals surface area contributed by atoms with Gasteiger partial charge in [-0.05, 0) is 25.5 Å². The fourth-order valence-electron chi connectivity index (χ4n) is 2.27. The van der Waals surface area contributed by atoms with Gasteiger partial charge in [0, 0.05) is 12.6 Å². The molecule has 0 atom stereocenters. The largest absolute Gasteiger partial charge is 1.00 e. The van der Waals surface area contributed by atoms with Gasteiger partial charge >= 0.3 is 0 Å². The molecule has 1 aromatic rings. The van der Waals surface area contributed by atoms with Gasteiger partial charge in [-0.2, -0.15) is 0 Å². The van der Waals surface area contributed by atoms with E-state index in [1.54, 1.807) is 0 Å². The fourth-order valence-corrected chi connectivity index (χ4v) is 2.27. The highest BCUT2D eigenvalue weighted by Crippen LogP contribution is 2.12. The Labute approximate surface area is 98.0 Å². The van der Waals surface area contributed by atoms with E-state index in [-0.39, 0.29) is 12.4 Å². The van der Waals surface area contributed by atoms with Gasteiger partial charge in [0.25, 0.3) is 0 Å². The molecule has 3 heteroatoms. The molecular weight excluding hydrogens is 208 g/mol. The van der Waals surface area contributed by atoms with Crippen molar-refractivity contribution in [3.8, 4) is 0 Å². The van der Waals surface area contributed by atoms with E-state index < -0.39 is 0 Å². The van der Waals surface area contributed by atoms with Crippen LogP contribution in [0.1, 0.15) is 32.4 Å². The van der Waals surface area contributed by atoms with Gasteiger partial charge < -0.3 is 17.0 Å². The second-order valence-electron chi connectivity index (χ2n) is 3.86. The van der Waals surface area contributed by atoms with Crippen LogP contribution in [-0.2, 0) is 6.54 Å². The second kappa shape index (κ2) is 5.36. The Hall–Kier alpha value is -0.760. The molecule has 0 aliphatic carbocycles. The zero-order chi connectivity index (χ0) is 9.97. The van der Waals surface area contributed by atoms with Crippen LogP contribution in [0.3, 0.4) is 0 Å². The van der Waals surface area contributed by atoms with Gasteiger partial charge in [0.15, 0.2) is 12.3 Å². The molecule has 1 aliphatic rings. The van der Waals surface area contributed by atoms with E-state index in [2.05, 4.69) is 41.3 Å². The predicted molar refractivity (Wildman–Crippen MR) is 59.1 cm³/mol. The molecule has 0 aromatic carbocycles. The molecule has 0 unspecified atom stereocenters. The second-order valence-corrected chi connectivity index (χ2v) is 3.86. The summed E-state index contributed by atoms with van der Waals surface area (Å²) in [5.41, 5.74) is 2.96. The summed E-state index contributed by atoms with van der Waals surface area (Å²) in [7, 11) is 0. The quantitative estimate of drug-likeness (QED) is 0.592. The first-order valence-corrected chi connectivity index (χ1v) is 5.63. The highest BCUT2D eigenvalue weighted by molar-refractivity contribution is 5.95. The SMILES string of the molecule is CCCC1=[N+](CC)CCn2cccc21.[Cl-]. The number of nitrogens with zero attached hydrogens (tertiary/aromatic N) is 2. The smallest absolute Gasteiger partial charge is 0.199 e. The molecule has 0 radical (unpaired) electrons. The van der Waals surface area contributed by atoms with Gasteiger partial charge in [0.1, 0.15) is 12.2 Å². The number of rotatable bonds is 3. The standard InChI is InChI=1S/C12H19N2.ClH/c1-3-6-11-12-7-5-8-14(12)10-9-13(11)4-2;/h5,7-8H,3-4,6,9-10H2,1-2H3;1H/q+1;/p-1. The van der Waals surface area contributed by atoms with E-state index in [9.17, 15) is 0 Å². The van der Waals surface area contributed by atoms with E-state index in [0.29, 0.717) is 0 Å². The van der Waals surface area contributed by atoms with Gasteiger partial charge in [0.05, 0.1) is 6.54 Å². The molecule has 1 aromatic heterocycles. The lowest BCUT2D eigenvalue weighted by molar-refractivity contribution is -0.529. The zero-order valence-corrected chi connectivity index (χ0v) is 10.3. The Morgan fingerprint density at radius 2 is 2.20 bits per heavy atom. The van der Waals surface area contributed by atoms with Gasteiger partial charge in [-0.1, -0.05) is 6.92 Å². The first-order valence-electron chi connectivity index (χ1n) is 5.63. The third-order valence-electron chi connectivity index (χ3n) is 2.99. The van der Waals surface area contributed by atoms with Crippen LogP contribution in [0, 0.1) is 0 Å². The van der Waals surface area contributed by atoms with Crippen molar-refractivity contribution in [3.05, 3.63) is 24.0 Å². The highest BCUT2D eigenvalue weighted by Gasteiger charge is 2.22. The number of halogens is 1. The lowest BCUT2D eigenvalue weighted by Crippen LogP contribution is -3.00. The topological polar surface area (TPSA) is 7.94 Å². The summed E-state index contributed by atoms with van der Waals surface area (Å²) in [4.78, 5) is 0. The molecule has 15 heavy (non-hydrogen) atoms. The van der Waals surface area contributed by atoms with Gasteiger partial charge in [-0.25, -0.2) is 4.58 Å². The van der Waals surface area contributed by atoms with Crippen molar-refractivity contribution < 1.29 is 17.0 Å². The summed E-state index contributed by atoms with van der Waals surface area (Å²) in [5, 5.41) is 0. The fraction of sp³-hybridized carbons (Fsp3) is 0.583. The van der Waals surface area contributed by atoms with Crippen molar-refractivity contribution in [2.75, 3.05) is 13.1 Å². The Morgan fingerprint density at radius 1 is 1.40 bits per heavy atom. The maximum absolute atomic E-state index is 2.51. The molecule has 1 aliphatic heterocycles. The minimum Gasteiger partial charge on any atom is -1.00 e. The molecule has 0 N–H and O–H groups in total. The molecule has 0 spiro atoms. The molecule has 2 rings (SSSR count). The summed E-state index contributed by atoms with van der Waals surface area (Å²) in [6.07, 6.45) is 4.63. The average Bonchev–Trinajstić information content (AvgIpc) is 2.67. The maximum atomic E-state index is 2.51. The summed E-state index contributed by atoms with van der Waals surface area (Å²) in [5.74, 6) is 0. The van der Waals surface area contributed by atoms with Crippen LogP contribution in [0.15, 0.2) is 18.3 Å². The third kappa shape index (κ3) is 2.25. The first kappa shape index (κ1) is 12.3. The van der Waals surface area contributed by atoms with Crippen LogP contribution < -0.4 is 12.4 Å². The normalized spacial score (nSPS) is 14.8. The predicted octanol–water partition coefficient (Wildman–Crippen LogP) is -0.873. The molecule has 0 amide bonds. The Balaban J connectivity index is 0.00000112. The van der Waals surface area contributed by atoms with Gasteiger partial charge in [-0.15, -0.1) is 0 Å². The van der Waals surface area contributed by atoms with Gasteiger partial charge in [0.2, 0.25) is 0 Å². The lowest BCUT2D eigenvalue weighted by Gasteiger charge is -2.17. The van der Waals surface area contributed by atoms with Crippen LogP contribution in [0.2, 0.25) is 0 Å². The van der Waals surface area contributed by atoms with Crippen LogP contribution in [0.5, 0.6) is 0 Å². The van der Waals surface area contributed by atoms with Crippen LogP contribution in [-0.4, -0.2) is 27.9 Å². The summed E-state index contributed by atoms with van der Waals surface area (Å²) < 4.78 is 4.88. The van der Waals surface area contributed by atoms with Gasteiger partial charge in [-0.3, -0.25) is 0 Å². The number of aromatic nitrogens is 1. The molecular formula is C12H19ClN2. The first-order chi connectivity index (χ1) is 6.86. The highest BCUT2D eigenvalue weighted by atomic mass is 35.5. The van der Waals surface area contributed by atoms with Crippen molar-refractivity contribution >= 4 is 5.71 Å². The van der Waals surface area contributed by atoms with E-state index in [0.717, 1.165) is 13.1 Å². The Bertz CT molecular complexity index is 352. The maximum Gasteiger partial charge on any atom is 0.199 e. The lowest BCUT2D eigenvalue weighted by atomic mass is 10.1. The Kier molecular flexibility index (Phi) is 4.40. The number of fused-ring (bicyclic) bond motifs is 1. The number of likely N-dealkylation sites (N-methyl/N-ethyl adjacent to an activating group) is 1. The molecule has 2 nitrogen and oxygen atoms in total. The van der Waals surface area contributed by atoms with Crippen LogP contribution >= 0.6 is 0 Å². The summed E-state index contributed by atoms with van der Waals surface area (Å²) in [6, 6.07) is 4.40.